The van der Waals surface area contributed by atoms with Gasteiger partial charge in [-0.1, -0.05) is 17.8 Å². The molecule has 4 nitrogen and oxygen atoms in total. The van der Waals surface area contributed by atoms with Crippen molar-refractivity contribution in [3.63, 3.8) is 0 Å². The second kappa shape index (κ2) is 6.42. The molecule has 0 aliphatic rings. The van der Waals surface area contributed by atoms with E-state index >= 15 is 0 Å². The summed E-state index contributed by atoms with van der Waals surface area (Å²) in [6.45, 7) is 5.46. The lowest BCUT2D eigenvalue weighted by atomic mass is 10.1. The van der Waals surface area contributed by atoms with Crippen LogP contribution in [0.1, 0.15) is 12.5 Å². The molecule has 0 amide bonds. The van der Waals surface area contributed by atoms with Gasteiger partial charge in [-0.3, -0.25) is 5.43 Å². The van der Waals surface area contributed by atoms with E-state index in [1.54, 1.807) is 19.1 Å². The van der Waals surface area contributed by atoms with Crippen LogP contribution in [0.15, 0.2) is 35.0 Å². The van der Waals surface area contributed by atoms with Gasteiger partial charge in [0.2, 0.25) is 0 Å². The van der Waals surface area contributed by atoms with Gasteiger partial charge in [0, 0.05) is 5.56 Å². The Bertz CT molecular complexity index is 455. The van der Waals surface area contributed by atoms with Crippen LogP contribution in [0.25, 0.3) is 5.57 Å². The Hall–Kier alpha value is -2.17. The molecule has 1 rings (SSSR count). The molecule has 0 aliphatic carbocycles. The summed E-state index contributed by atoms with van der Waals surface area (Å²) in [6, 6.07) is 4.70. The van der Waals surface area contributed by atoms with Crippen molar-refractivity contribution < 1.29 is 9.23 Å². The average molecular weight is 235 g/mol. The minimum Gasteiger partial charge on any atom is -0.399 e. The van der Waals surface area contributed by atoms with Crippen LogP contribution in [0.3, 0.4) is 0 Å². The minimum atomic E-state index is -0.330. The normalized spacial score (nSPS) is 11.0. The number of hydrogen-bond donors (Lipinski definition) is 1. The topological polar surface area (TPSA) is 46.0 Å². The molecule has 1 aromatic carbocycles. The highest BCUT2D eigenvalue weighted by atomic mass is 19.1. The molecule has 0 unspecified atom stereocenters. The minimum absolute atomic E-state index is 0.330. The fourth-order valence-corrected chi connectivity index (χ4v) is 1.28. The van der Waals surface area contributed by atoms with Crippen molar-refractivity contribution in [1.29, 1.82) is 0 Å². The van der Waals surface area contributed by atoms with E-state index < -0.39 is 0 Å². The maximum absolute atomic E-state index is 13.5. The fourth-order valence-electron chi connectivity index (χ4n) is 1.28. The Morgan fingerprint density at radius 1 is 1.47 bits per heavy atom. The predicted molar refractivity (Wildman–Crippen MR) is 68.7 cm³/mol. The summed E-state index contributed by atoms with van der Waals surface area (Å²) in [5, 5.41) is 7.32. The summed E-state index contributed by atoms with van der Waals surface area (Å²) in [6.07, 6.45) is 2.77. The van der Waals surface area contributed by atoms with Crippen molar-refractivity contribution in [3.8, 4) is 0 Å². The molecule has 0 heterocycles. The lowest BCUT2D eigenvalue weighted by Gasteiger charge is -2.08. The van der Waals surface area contributed by atoms with Crippen LogP contribution in [0.5, 0.6) is 0 Å². The number of hydrazone groups is 1. The Morgan fingerprint density at radius 3 is 2.88 bits per heavy atom. The first-order valence-electron chi connectivity index (χ1n) is 4.95. The van der Waals surface area contributed by atoms with Crippen LogP contribution in [0.4, 0.5) is 10.1 Å². The maximum Gasteiger partial charge on any atom is 0.132 e. The van der Waals surface area contributed by atoms with E-state index in [0.29, 0.717) is 16.8 Å². The molecule has 17 heavy (non-hydrogen) atoms. The van der Waals surface area contributed by atoms with Gasteiger partial charge in [0.05, 0.1) is 18.1 Å². The number of halogens is 1. The zero-order valence-corrected chi connectivity index (χ0v) is 9.77. The van der Waals surface area contributed by atoms with E-state index in [1.165, 1.54) is 25.6 Å². The SMILES string of the molecule is C=C(C)c1c(F)cccc1N/N=C/C=N/OC. The second-order valence-electron chi connectivity index (χ2n) is 3.27. The van der Waals surface area contributed by atoms with Crippen molar-refractivity contribution in [3.05, 3.63) is 36.2 Å². The first kappa shape index (κ1) is 12.9. The fraction of sp³-hybridized carbons (Fsp3) is 0.167. The Balaban J connectivity index is 2.84. The molecule has 0 fully saturated rings. The number of anilines is 1. The van der Waals surface area contributed by atoms with Gasteiger partial charge in [0.25, 0.3) is 0 Å². The van der Waals surface area contributed by atoms with Crippen LogP contribution in [0, 0.1) is 5.82 Å². The van der Waals surface area contributed by atoms with Crippen LogP contribution in [0.2, 0.25) is 0 Å². The van der Waals surface area contributed by atoms with Gasteiger partial charge >= 0.3 is 0 Å². The van der Waals surface area contributed by atoms with Crippen LogP contribution < -0.4 is 5.43 Å². The molecule has 0 bridgehead atoms. The largest absolute Gasteiger partial charge is 0.399 e. The van der Waals surface area contributed by atoms with Gasteiger partial charge < -0.3 is 4.84 Å². The van der Waals surface area contributed by atoms with Gasteiger partial charge in [-0.2, -0.15) is 5.10 Å². The number of hydrogen-bond acceptors (Lipinski definition) is 4. The van der Waals surface area contributed by atoms with Gasteiger partial charge in [0.1, 0.15) is 12.9 Å². The van der Waals surface area contributed by atoms with E-state index in [4.69, 9.17) is 0 Å². The molecule has 0 saturated heterocycles. The number of rotatable bonds is 5. The Kier molecular flexibility index (Phi) is 4.87. The summed E-state index contributed by atoms with van der Waals surface area (Å²) in [5.74, 6) is -0.330. The molecule has 5 heteroatoms. The first-order valence-corrected chi connectivity index (χ1v) is 4.95. The van der Waals surface area contributed by atoms with Crippen molar-refractivity contribution in [2.75, 3.05) is 12.5 Å². The highest BCUT2D eigenvalue weighted by Gasteiger charge is 2.07. The van der Waals surface area contributed by atoms with Crippen LogP contribution >= 0.6 is 0 Å². The average Bonchev–Trinajstić information content (AvgIpc) is 2.28. The summed E-state index contributed by atoms with van der Waals surface area (Å²) in [4.78, 5) is 4.45. The van der Waals surface area contributed by atoms with Gasteiger partial charge in [-0.05, 0) is 24.6 Å². The third-order valence-electron chi connectivity index (χ3n) is 1.93. The van der Waals surface area contributed by atoms with Crippen LogP contribution in [-0.2, 0) is 4.84 Å². The summed E-state index contributed by atoms with van der Waals surface area (Å²) in [7, 11) is 1.43. The van der Waals surface area contributed by atoms with Gasteiger partial charge in [-0.25, -0.2) is 4.39 Å². The molecule has 0 aliphatic heterocycles. The number of nitrogens with one attached hydrogen (secondary N) is 1. The summed E-state index contributed by atoms with van der Waals surface area (Å²) >= 11 is 0. The van der Waals surface area contributed by atoms with Gasteiger partial charge in [-0.15, -0.1) is 0 Å². The van der Waals surface area contributed by atoms with Crippen molar-refractivity contribution >= 4 is 23.7 Å². The van der Waals surface area contributed by atoms with Crippen LogP contribution in [-0.4, -0.2) is 19.5 Å². The molecule has 0 radical (unpaired) electrons. The monoisotopic (exact) mass is 235 g/mol. The lowest BCUT2D eigenvalue weighted by Crippen LogP contribution is -1.97. The third kappa shape index (κ3) is 3.71. The molecule has 0 aromatic heterocycles. The zero-order chi connectivity index (χ0) is 12.7. The number of oxime groups is 1. The third-order valence-corrected chi connectivity index (χ3v) is 1.93. The summed E-state index contributed by atoms with van der Waals surface area (Å²) < 4.78 is 13.5. The maximum atomic E-state index is 13.5. The highest BCUT2D eigenvalue weighted by Crippen LogP contribution is 2.25. The molecular weight excluding hydrogens is 221 g/mol. The second-order valence-corrected chi connectivity index (χ2v) is 3.27. The van der Waals surface area contributed by atoms with Crippen molar-refractivity contribution in [1.82, 2.24) is 0 Å². The van der Waals surface area contributed by atoms with Crippen molar-refractivity contribution in [2.24, 2.45) is 10.3 Å². The number of benzene rings is 1. The molecule has 90 valence electrons. The first-order chi connectivity index (χ1) is 8.16. The number of nitrogens with zero attached hydrogens (tertiary/aromatic N) is 2. The quantitative estimate of drug-likeness (QED) is 0.630. The predicted octanol–water partition coefficient (Wildman–Crippen LogP) is 2.89. The Morgan fingerprint density at radius 2 is 2.24 bits per heavy atom. The summed E-state index contributed by atoms with van der Waals surface area (Å²) in [5.41, 5.74) is 4.33. The standard InChI is InChI=1S/C12H14FN3O/c1-9(2)12-10(13)5-4-6-11(12)16-14-7-8-15-17-3/h4-8,16H,1H2,2-3H3/b14-7+,15-8+. The number of allylic oxidation sites excluding steroid dienone is 1. The lowest BCUT2D eigenvalue weighted by molar-refractivity contribution is 0.216. The molecular formula is C12H14FN3O. The van der Waals surface area contributed by atoms with E-state index in [-0.39, 0.29) is 5.82 Å². The molecule has 1 aromatic rings. The molecule has 0 atom stereocenters. The molecule has 1 N–H and O–H groups in total. The Labute approximate surface area is 99.5 Å². The van der Waals surface area contributed by atoms with Gasteiger partial charge in [0.15, 0.2) is 0 Å². The molecule has 0 spiro atoms. The van der Waals surface area contributed by atoms with E-state index in [1.807, 2.05) is 0 Å². The smallest absolute Gasteiger partial charge is 0.132 e. The molecule has 0 saturated carbocycles. The van der Waals surface area contributed by atoms with Crippen molar-refractivity contribution in [2.45, 2.75) is 6.92 Å². The zero-order valence-electron chi connectivity index (χ0n) is 9.77. The van der Waals surface area contributed by atoms with E-state index in [0.717, 1.165) is 0 Å². The van der Waals surface area contributed by atoms with E-state index in [9.17, 15) is 4.39 Å². The highest BCUT2D eigenvalue weighted by molar-refractivity contribution is 6.15. The van der Waals surface area contributed by atoms with E-state index in [2.05, 4.69) is 27.1 Å².